The maximum atomic E-state index is 12.3. The van der Waals surface area contributed by atoms with E-state index in [1.165, 1.54) is 0 Å². The van der Waals surface area contributed by atoms with E-state index in [9.17, 15) is 4.79 Å². The van der Waals surface area contributed by atoms with Crippen molar-refractivity contribution < 1.29 is 14.3 Å². The van der Waals surface area contributed by atoms with E-state index in [0.29, 0.717) is 25.4 Å². The maximum absolute atomic E-state index is 12.3. The first-order chi connectivity index (χ1) is 12.1. The van der Waals surface area contributed by atoms with Crippen molar-refractivity contribution in [1.29, 1.82) is 0 Å². The number of nitrogens with one attached hydrogen (secondary N) is 1. The summed E-state index contributed by atoms with van der Waals surface area (Å²) >= 11 is 1.60. The Kier molecular flexibility index (Phi) is 7.25. The van der Waals surface area contributed by atoms with Gasteiger partial charge >= 0.3 is 0 Å². The van der Waals surface area contributed by atoms with E-state index in [1.807, 2.05) is 44.4 Å². The van der Waals surface area contributed by atoms with Crippen molar-refractivity contribution in [2.75, 3.05) is 13.2 Å². The molecule has 0 bridgehead atoms. The molecule has 1 unspecified atom stereocenters. The number of benzene rings is 1. The molecule has 0 aliphatic heterocycles. The average Bonchev–Trinajstić information content (AvgIpc) is 3.04. The second-order valence-corrected chi connectivity index (χ2v) is 6.57. The lowest BCUT2D eigenvalue weighted by Gasteiger charge is -2.17. The van der Waals surface area contributed by atoms with Crippen molar-refractivity contribution in [2.24, 2.45) is 0 Å². The third-order valence-electron chi connectivity index (χ3n) is 3.69. The molecule has 0 saturated heterocycles. The van der Waals surface area contributed by atoms with Crippen LogP contribution in [0.4, 0.5) is 0 Å². The summed E-state index contributed by atoms with van der Waals surface area (Å²) in [4.78, 5) is 16.7. The number of carbonyl (C=O) groups excluding carboxylic acids is 1. The number of ether oxygens (including phenoxy) is 2. The van der Waals surface area contributed by atoms with Gasteiger partial charge in [0.15, 0.2) is 11.5 Å². The van der Waals surface area contributed by atoms with Gasteiger partial charge in [-0.3, -0.25) is 4.79 Å². The van der Waals surface area contributed by atoms with Crippen LogP contribution in [0.3, 0.4) is 0 Å². The number of aryl methyl sites for hydroxylation is 1. The Labute approximate surface area is 153 Å². The van der Waals surface area contributed by atoms with Gasteiger partial charge in [0.25, 0.3) is 0 Å². The van der Waals surface area contributed by atoms with Crippen LogP contribution >= 0.6 is 11.3 Å². The fourth-order valence-electron chi connectivity index (χ4n) is 2.47. The molecule has 1 N–H and O–H groups in total. The smallest absolute Gasteiger partial charge is 0.226 e. The molecular weight excluding hydrogens is 336 g/mol. The molecule has 6 heteroatoms. The summed E-state index contributed by atoms with van der Waals surface area (Å²) in [7, 11) is 0. The molecule has 0 radical (unpaired) electrons. The first-order valence-corrected chi connectivity index (χ1v) is 9.57. The Balaban J connectivity index is 2.02. The van der Waals surface area contributed by atoms with Gasteiger partial charge in [0.1, 0.15) is 0 Å². The average molecular weight is 362 g/mol. The van der Waals surface area contributed by atoms with Crippen LogP contribution < -0.4 is 14.8 Å². The number of amides is 1. The molecule has 0 saturated carbocycles. The van der Waals surface area contributed by atoms with Gasteiger partial charge in [0.2, 0.25) is 5.91 Å². The monoisotopic (exact) mass is 362 g/mol. The largest absolute Gasteiger partial charge is 0.490 e. The van der Waals surface area contributed by atoms with E-state index in [0.717, 1.165) is 28.4 Å². The van der Waals surface area contributed by atoms with Crippen LogP contribution in [-0.2, 0) is 17.6 Å². The van der Waals surface area contributed by atoms with Crippen molar-refractivity contribution in [1.82, 2.24) is 10.3 Å². The van der Waals surface area contributed by atoms with E-state index < -0.39 is 0 Å². The normalized spacial score (nSPS) is 11.8. The van der Waals surface area contributed by atoms with E-state index >= 15 is 0 Å². The van der Waals surface area contributed by atoms with Crippen molar-refractivity contribution in [2.45, 2.75) is 46.6 Å². The highest BCUT2D eigenvalue weighted by Crippen LogP contribution is 2.30. The van der Waals surface area contributed by atoms with Gasteiger partial charge in [-0.1, -0.05) is 13.0 Å². The second kappa shape index (κ2) is 9.42. The zero-order valence-electron chi connectivity index (χ0n) is 15.3. The Morgan fingerprint density at radius 1 is 1.20 bits per heavy atom. The minimum atomic E-state index is -0.119. The minimum absolute atomic E-state index is 0.0349. The van der Waals surface area contributed by atoms with Crippen LogP contribution in [0.15, 0.2) is 23.6 Å². The van der Waals surface area contributed by atoms with Gasteiger partial charge in [0, 0.05) is 5.38 Å². The molecule has 1 amide bonds. The zero-order chi connectivity index (χ0) is 18.2. The molecule has 0 aliphatic carbocycles. The predicted octanol–water partition coefficient (Wildman–Crippen LogP) is 3.92. The van der Waals surface area contributed by atoms with Crippen LogP contribution in [0.2, 0.25) is 0 Å². The summed E-state index contributed by atoms with van der Waals surface area (Å²) < 4.78 is 11.2. The summed E-state index contributed by atoms with van der Waals surface area (Å²) in [5, 5.41) is 6.03. The molecule has 1 aromatic carbocycles. The van der Waals surface area contributed by atoms with Crippen molar-refractivity contribution in [3.8, 4) is 11.5 Å². The number of carbonyl (C=O) groups is 1. The minimum Gasteiger partial charge on any atom is -0.490 e. The zero-order valence-corrected chi connectivity index (χ0v) is 16.1. The SMILES string of the molecule is CCOc1ccc(C(C)NC(=O)Cc2csc(CC)n2)cc1OCC. The van der Waals surface area contributed by atoms with Crippen LogP contribution in [-0.4, -0.2) is 24.1 Å². The third kappa shape index (κ3) is 5.46. The van der Waals surface area contributed by atoms with Crippen molar-refractivity contribution >= 4 is 17.2 Å². The summed E-state index contributed by atoms with van der Waals surface area (Å²) in [5.74, 6) is 1.39. The highest BCUT2D eigenvalue weighted by Gasteiger charge is 2.14. The predicted molar refractivity (Wildman–Crippen MR) is 101 cm³/mol. The first kappa shape index (κ1) is 19.2. The number of aromatic nitrogens is 1. The molecule has 1 aromatic heterocycles. The Morgan fingerprint density at radius 2 is 1.92 bits per heavy atom. The lowest BCUT2D eigenvalue weighted by Crippen LogP contribution is -2.28. The molecule has 0 spiro atoms. The van der Waals surface area contributed by atoms with Crippen molar-refractivity contribution in [3.05, 3.63) is 39.8 Å². The van der Waals surface area contributed by atoms with E-state index in [2.05, 4.69) is 17.2 Å². The number of rotatable bonds is 9. The fourth-order valence-corrected chi connectivity index (χ4v) is 3.21. The summed E-state index contributed by atoms with van der Waals surface area (Å²) in [5.41, 5.74) is 1.81. The van der Waals surface area contributed by atoms with Crippen LogP contribution in [0.1, 0.15) is 50.0 Å². The Hall–Kier alpha value is -2.08. The lowest BCUT2D eigenvalue weighted by atomic mass is 10.1. The molecule has 1 heterocycles. The molecule has 2 rings (SSSR count). The van der Waals surface area contributed by atoms with Gasteiger partial charge in [-0.2, -0.15) is 0 Å². The van der Waals surface area contributed by atoms with Gasteiger partial charge in [-0.25, -0.2) is 4.98 Å². The number of hydrogen-bond donors (Lipinski definition) is 1. The first-order valence-electron chi connectivity index (χ1n) is 8.69. The van der Waals surface area contributed by atoms with E-state index in [-0.39, 0.29) is 11.9 Å². The Bertz CT molecular complexity index is 700. The molecular formula is C19H26N2O3S. The molecule has 1 atom stereocenters. The van der Waals surface area contributed by atoms with Gasteiger partial charge < -0.3 is 14.8 Å². The van der Waals surface area contributed by atoms with Gasteiger partial charge in [0.05, 0.1) is 36.4 Å². The van der Waals surface area contributed by atoms with E-state index in [4.69, 9.17) is 9.47 Å². The van der Waals surface area contributed by atoms with Gasteiger partial charge in [-0.15, -0.1) is 11.3 Å². The maximum Gasteiger partial charge on any atom is 0.226 e. The van der Waals surface area contributed by atoms with Crippen LogP contribution in [0.5, 0.6) is 11.5 Å². The topological polar surface area (TPSA) is 60.5 Å². The molecule has 0 fully saturated rings. The van der Waals surface area contributed by atoms with E-state index in [1.54, 1.807) is 11.3 Å². The second-order valence-electron chi connectivity index (χ2n) is 5.62. The molecule has 0 aliphatic rings. The number of hydrogen-bond acceptors (Lipinski definition) is 5. The van der Waals surface area contributed by atoms with Crippen molar-refractivity contribution in [3.63, 3.8) is 0 Å². The van der Waals surface area contributed by atoms with Crippen LogP contribution in [0, 0.1) is 0 Å². The molecule has 2 aromatic rings. The Morgan fingerprint density at radius 3 is 2.56 bits per heavy atom. The summed E-state index contributed by atoms with van der Waals surface area (Å²) in [6.45, 7) is 9.04. The highest BCUT2D eigenvalue weighted by atomic mass is 32.1. The summed E-state index contributed by atoms with van der Waals surface area (Å²) in [6, 6.07) is 5.65. The molecule has 136 valence electrons. The molecule has 5 nitrogen and oxygen atoms in total. The highest BCUT2D eigenvalue weighted by molar-refractivity contribution is 7.09. The standard InChI is InChI=1S/C19H26N2O3S/c1-5-19-21-15(12-25-19)11-18(22)20-13(4)14-8-9-16(23-6-2)17(10-14)24-7-3/h8-10,12-13H,5-7,11H2,1-4H3,(H,20,22). The van der Waals surface area contributed by atoms with Gasteiger partial charge in [-0.05, 0) is 44.9 Å². The van der Waals surface area contributed by atoms with Crippen LogP contribution in [0.25, 0.3) is 0 Å². The lowest BCUT2D eigenvalue weighted by molar-refractivity contribution is -0.121. The number of thiazole rings is 1. The molecule has 25 heavy (non-hydrogen) atoms. The quantitative estimate of drug-likeness (QED) is 0.734. The fraction of sp³-hybridized carbons (Fsp3) is 0.474. The number of nitrogens with zero attached hydrogens (tertiary/aromatic N) is 1. The summed E-state index contributed by atoms with van der Waals surface area (Å²) in [6.07, 6.45) is 1.20. The third-order valence-corrected chi connectivity index (χ3v) is 4.73.